The molecule has 59 heavy (non-hydrogen) atoms. The van der Waals surface area contributed by atoms with Crippen molar-refractivity contribution in [3.8, 4) is 0 Å². The zero-order valence-corrected chi connectivity index (χ0v) is 41.6. The van der Waals surface area contributed by atoms with Crippen LogP contribution in [0.3, 0.4) is 0 Å². The van der Waals surface area contributed by atoms with Gasteiger partial charge >= 0.3 is 41.5 Å². The Morgan fingerprint density at radius 2 is 1.15 bits per heavy atom. The Bertz CT molecular complexity index is 1190. The summed E-state index contributed by atoms with van der Waals surface area (Å²) in [6.45, 7) is 3.24. The van der Waals surface area contributed by atoms with Crippen molar-refractivity contribution in [2.75, 3.05) is 32.1 Å². The molecular weight excluding hydrogens is 819 g/mol. The van der Waals surface area contributed by atoms with Crippen molar-refractivity contribution >= 4 is 47.3 Å². The SMILES string of the molecule is CCCCCCCCCCCCCCCC(=O)OC[C@H](COP(=O)([O-])OCCNC(=O)CSSc1ccccn1)OC(=O)CCCCCCCCCCCCCCC.[Na+]. The summed E-state index contributed by atoms with van der Waals surface area (Å²) in [7, 11) is -2.13. The van der Waals surface area contributed by atoms with Crippen LogP contribution in [-0.2, 0) is 37.5 Å². The zero-order valence-electron chi connectivity index (χ0n) is 37.1. The molecule has 0 fully saturated rings. The first-order chi connectivity index (χ1) is 28.3. The third kappa shape index (κ3) is 39.9. The molecular formula is C44H78N2NaO9PS2. The number of ether oxygens (including phenoxy) is 2. The minimum absolute atomic E-state index is 0. The van der Waals surface area contributed by atoms with Gasteiger partial charge in [0.15, 0.2) is 6.10 Å². The van der Waals surface area contributed by atoms with E-state index < -0.39 is 32.5 Å². The van der Waals surface area contributed by atoms with Gasteiger partial charge in [-0.3, -0.25) is 18.9 Å². The fraction of sp³-hybridized carbons (Fsp3) is 0.818. The van der Waals surface area contributed by atoms with Gasteiger partial charge in [0, 0.05) is 25.6 Å². The monoisotopic (exact) mass is 896 g/mol. The average Bonchev–Trinajstić information content (AvgIpc) is 3.21. The summed E-state index contributed by atoms with van der Waals surface area (Å²) < 4.78 is 33.4. The van der Waals surface area contributed by atoms with Crippen LogP contribution in [0.4, 0.5) is 0 Å². The summed E-state index contributed by atoms with van der Waals surface area (Å²) in [6.07, 6.45) is 32.1. The molecule has 2 atom stereocenters. The number of hydrogen-bond donors (Lipinski definition) is 1. The number of pyridine rings is 1. The minimum atomic E-state index is -4.80. The molecule has 1 heterocycles. The number of unbranched alkanes of at least 4 members (excludes halogenated alkanes) is 24. The van der Waals surface area contributed by atoms with Gasteiger partial charge in [0.1, 0.15) is 11.6 Å². The number of carbonyl (C=O) groups excluding carboxylic acids is 3. The number of hydrogen-bond acceptors (Lipinski definition) is 12. The van der Waals surface area contributed by atoms with Crippen LogP contribution in [0.5, 0.6) is 0 Å². The summed E-state index contributed by atoms with van der Waals surface area (Å²) in [5, 5.41) is 3.38. The topological polar surface area (TPSA) is 153 Å². The van der Waals surface area contributed by atoms with Crippen molar-refractivity contribution in [2.24, 2.45) is 0 Å². The number of esters is 2. The number of aromatic nitrogens is 1. The first-order valence-corrected chi connectivity index (χ1v) is 26.5. The first kappa shape index (κ1) is 58.4. The first-order valence-electron chi connectivity index (χ1n) is 22.7. The third-order valence-electron chi connectivity index (χ3n) is 9.76. The number of rotatable bonds is 42. The Morgan fingerprint density at radius 3 is 1.63 bits per heavy atom. The zero-order chi connectivity index (χ0) is 42.2. The second kappa shape index (κ2) is 42.7. The van der Waals surface area contributed by atoms with Crippen LogP contribution < -0.4 is 39.8 Å². The van der Waals surface area contributed by atoms with Crippen LogP contribution in [-0.4, -0.2) is 61.1 Å². The van der Waals surface area contributed by atoms with Crippen molar-refractivity contribution < 1.29 is 71.9 Å². The number of phosphoric ester groups is 1. The molecule has 0 aromatic carbocycles. The fourth-order valence-electron chi connectivity index (χ4n) is 6.34. The summed E-state index contributed by atoms with van der Waals surface area (Å²) in [5.41, 5.74) is 0. The van der Waals surface area contributed by atoms with Gasteiger partial charge in [0.2, 0.25) is 5.91 Å². The molecule has 0 aliphatic heterocycles. The van der Waals surface area contributed by atoms with Gasteiger partial charge in [0.05, 0.1) is 19.0 Å². The summed E-state index contributed by atoms with van der Waals surface area (Å²) in [6, 6.07) is 5.51. The van der Waals surface area contributed by atoms with E-state index in [1.807, 2.05) is 18.2 Å². The molecule has 336 valence electrons. The standard InChI is InChI=1S/C44H79N2O9PS2.Na/c1-3-5-7-9-11-13-15-17-19-21-23-25-27-32-43(48)52-37-40(55-44(49)33-28-26-24-22-20-18-16-14-12-10-8-6-4-2)38-54-56(50,51)53-36-35-45-41(47)39-57-58-42-31-29-30-34-46-42;/h29-31,34,40H,3-28,32-33,35-39H2,1-2H3,(H,45,47)(H,50,51);/q;+1/p-1/t40-;/m1./s1. The van der Waals surface area contributed by atoms with E-state index in [0.717, 1.165) is 43.6 Å². The van der Waals surface area contributed by atoms with Gasteiger partial charge in [-0.05, 0) is 35.8 Å². The molecule has 0 radical (unpaired) electrons. The Balaban J connectivity index is 0.0000336. The molecule has 0 aliphatic carbocycles. The van der Waals surface area contributed by atoms with Crippen LogP contribution in [0.25, 0.3) is 0 Å². The fourth-order valence-corrected chi connectivity index (χ4v) is 8.86. The predicted octanol–water partition coefficient (Wildman–Crippen LogP) is 8.86. The van der Waals surface area contributed by atoms with Crippen LogP contribution in [0, 0.1) is 0 Å². The molecule has 15 heteroatoms. The van der Waals surface area contributed by atoms with Crippen LogP contribution >= 0.6 is 29.4 Å². The maximum absolute atomic E-state index is 12.7. The molecule has 1 unspecified atom stereocenters. The van der Waals surface area contributed by atoms with E-state index in [4.69, 9.17) is 18.5 Å². The molecule has 1 N–H and O–H groups in total. The Morgan fingerprint density at radius 1 is 0.678 bits per heavy atom. The van der Waals surface area contributed by atoms with Crippen LogP contribution in [0.1, 0.15) is 194 Å². The Hall–Kier alpha value is -0.630. The molecule has 11 nitrogen and oxygen atoms in total. The van der Waals surface area contributed by atoms with E-state index in [9.17, 15) is 23.8 Å². The third-order valence-corrected chi connectivity index (χ3v) is 12.9. The minimum Gasteiger partial charge on any atom is -0.756 e. The quantitative estimate of drug-likeness (QED) is 0.0219. The Kier molecular flexibility index (Phi) is 42.2. The molecule has 1 rings (SSSR count). The van der Waals surface area contributed by atoms with Gasteiger partial charge in [0.25, 0.3) is 7.82 Å². The van der Waals surface area contributed by atoms with Crippen LogP contribution in [0.15, 0.2) is 29.4 Å². The van der Waals surface area contributed by atoms with E-state index >= 15 is 0 Å². The maximum Gasteiger partial charge on any atom is 1.00 e. The molecule has 0 spiro atoms. The van der Waals surface area contributed by atoms with E-state index in [-0.39, 0.29) is 73.8 Å². The number of nitrogens with one attached hydrogen (secondary N) is 1. The Labute approximate surface area is 388 Å². The van der Waals surface area contributed by atoms with Gasteiger partial charge in [-0.2, -0.15) is 0 Å². The van der Waals surface area contributed by atoms with E-state index in [1.54, 1.807) is 6.20 Å². The number of carbonyl (C=O) groups is 3. The van der Waals surface area contributed by atoms with E-state index in [2.05, 4.69) is 24.1 Å². The van der Waals surface area contributed by atoms with Crippen molar-refractivity contribution in [3.63, 3.8) is 0 Å². The van der Waals surface area contributed by atoms with Crippen molar-refractivity contribution in [1.82, 2.24) is 10.3 Å². The second-order valence-electron chi connectivity index (χ2n) is 15.2. The molecule has 1 aromatic rings. The van der Waals surface area contributed by atoms with Gasteiger partial charge in [-0.25, -0.2) is 4.98 Å². The van der Waals surface area contributed by atoms with Gasteiger partial charge in [-0.1, -0.05) is 185 Å². The smallest absolute Gasteiger partial charge is 0.756 e. The number of amides is 1. The number of phosphoric acid groups is 1. The molecule has 0 saturated heterocycles. The molecule has 1 aromatic heterocycles. The maximum atomic E-state index is 12.7. The van der Waals surface area contributed by atoms with Gasteiger partial charge in [-0.15, -0.1) is 0 Å². The molecule has 0 saturated carbocycles. The van der Waals surface area contributed by atoms with Crippen molar-refractivity contribution in [1.29, 1.82) is 0 Å². The number of nitrogens with zero attached hydrogens (tertiary/aromatic N) is 1. The molecule has 0 bridgehead atoms. The summed E-state index contributed by atoms with van der Waals surface area (Å²) in [4.78, 5) is 54.0. The summed E-state index contributed by atoms with van der Waals surface area (Å²) >= 11 is 0. The van der Waals surface area contributed by atoms with Gasteiger partial charge < -0.3 is 28.7 Å². The van der Waals surface area contributed by atoms with E-state index in [1.165, 1.54) is 137 Å². The predicted molar refractivity (Wildman–Crippen MR) is 237 cm³/mol. The van der Waals surface area contributed by atoms with Crippen molar-refractivity contribution in [3.05, 3.63) is 24.4 Å². The van der Waals surface area contributed by atoms with Crippen LogP contribution in [0.2, 0.25) is 0 Å². The largest absolute Gasteiger partial charge is 1.00 e. The molecule has 0 aliphatic rings. The van der Waals surface area contributed by atoms with E-state index in [0.29, 0.717) is 12.8 Å². The molecule has 1 amide bonds. The normalized spacial score (nSPS) is 12.7. The summed E-state index contributed by atoms with van der Waals surface area (Å²) in [5.74, 6) is -1.05. The second-order valence-corrected chi connectivity index (χ2v) is 18.9. The van der Waals surface area contributed by atoms with Crippen molar-refractivity contribution in [2.45, 2.75) is 205 Å². The average molecular weight is 897 g/mol.